The Morgan fingerprint density at radius 1 is 1.20 bits per heavy atom. The van der Waals surface area contributed by atoms with Gasteiger partial charge in [0.25, 0.3) is 0 Å². The van der Waals surface area contributed by atoms with Crippen LogP contribution in [0.5, 0.6) is 0 Å². The van der Waals surface area contributed by atoms with Crippen LogP contribution in [0, 0.1) is 5.92 Å². The summed E-state index contributed by atoms with van der Waals surface area (Å²) in [5.74, 6) is 0.864. The van der Waals surface area contributed by atoms with Gasteiger partial charge in [0.2, 0.25) is 0 Å². The first-order valence-corrected chi connectivity index (χ1v) is 8.28. The van der Waals surface area contributed by atoms with Crippen LogP contribution in [0.1, 0.15) is 44.2 Å². The molecule has 1 N–H and O–H groups in total. The van der Waals surface area contributed by atoms with Crippen LogP contribution < -0.4 is 5.32 Å². The highest BCUT2D eigenvalue weighted by atomic mass is 15.2. The van der Waals surface area contributed by atoms with Crippen molar-refractivity contribution in [1.29, 1.82) is 0 Å². The molecule has 0 bridgehead atoms. The molecule has 1 aromatic carbocycles. The van der Waals surface area contributed by atoms with Crippen LogP contribution >= 0.6 is 0 Å². The van der Waals surface area contributed by atoms with E-state index in [1.165, 1.54) is 45.3 Å². The lowest BCUT2D eigenvalue weighted by molar-refractivity contribution is 0.0555. The molecule has 0 aromatic heterocycles. The lowest BCUT2D eigenvalue weighted by atomic mass is 9.78. The molecule has 110 valence electrons. The van der Waals surface area contributed by atoms with Gasteiger partial charge in [-0.15, -0.1) is 0 Å². The molecule has 0 radical (unpaired) electrons. The maximum absolute atomic E-state index is 3.62. The second kappa shape index (κ2) is 6.28. The molecule has 2 atom stereocenters. The summed E-state index contributed by atoms with van der Waals surface area (Å²) in [5.41, 5.74) is 3.14. The first-order chi connectivity index (χ1) is 9.74. The first kappa shape index (κ1) is 14.1. The fourth-order valence-electron chi connectivity index (χ4n) is 3.67. The highest BCUT2D eigenvalue weighted by molar-refractivity contribution is 5.28. The average molecular weight is 272 g/mol. The largest absolute Gasteiger partial charge is 0.314 e. The molecule has 2 nitrogen and oxygen atoms in total. The van der Waals surface area contributed by atoms with Crippen molar-refractivity contribution in [3.63, 3.8) is 0 Å². The van der Waals surface area contributed by atoms with E-state index in [-0.39, 0.29) is 0 Å². The van der Waals surface area contributed by atoms with Crippen LogP contribution in [0.25, 0.3) is 0 Å². The molecule has 2 heteroatoms. The average Bonchev–Trinajstić information content (AvgIpc) is 2.59. The number of benzene rings is 1. The van der Waals surface area contributed by atoms with Crippen molar-refractivity contribution in [3.05, 3.63) is 35.4 Å². The Morgan fingerprint density at radius 2 is 2.00 bits per heavy atom. The van der Waals surface area contributed by atoms with Gasteiger partial charge in [0.15, 0.2) is 0 Å². The maximum Gasteiger partial charge on any atom is 0.0239 e. The zero-order chi connectivity index (χ0) is 13.9. The van der Waals surface area contributed by atoms with Gasteiger partial charge in [-0.2, -0.15) is 0 Å². The highest BCUT2D eigenvalue weighted by Crippen LogP contribution is 2.34. The fourth-order valence-corrected chi connectivity index (χ4v) is 3.67. The number of nitrogens with one attached hydrogen (secondary N) is 1. The Morgan fingerprint density at radius 3 is 2.70 bits per heavy atom. The number of rotatable bonds is 4. The molecule has 1 heterocycles. The van der Waals surface area contributed by atoms with Crippen molar-refractivity contribution in [2.75, 3.05) is 13.1 Å². The van der Waals surface area contributed by atoms with Crippen molar-refractivity contribution in [2.24, 2.45) is 5.92 Å². The molecule has 1 aliphatic carbocycles. The maximum atomic E-state index is 3.62. The zero-order valence-corrected chi connectivity index (χ0v) is 12.9. The zero-order valence-electron chi connectivity index (χ0n) is 12.9. The molecule has 0 saturated heterocycles. The van der Waals surface area contributed by atoms with Gasteiger partial charge in [0, 0.05) is 18.6 Å². The summed E-state index contributed by atoms with van der Waals surface area (Å²) < 4.78 is 0. The van der Waals surface area contributed by atoms with E-state index in [1.807, 2.05) is 0 Å². The van der Waals surface area contributed by atoms with E-state index < -0.39 is 0 Å². The SMILES string of the molecule is CC(C)NCC1CCC1N1CCCc2ccccc2C1. The topological polar surface area (TPSA) is 15.3 Å². The summed E-state index contributed by atoms with van der Waals surface area (Å²) in [6.07, 6.45) is 5.38. The second-order valence-electron chi connectivity index (χ2n) is 6.81. The number of aryl methyl sites for hydroxylation is 1. The smallest absolute Gasteiger partial charge is 0.0239 e. The van der Waals surface area contributed by atoms with Crippen LogP contribution in [-0.2, 0) is 13.0 Å². The minimum atomic E-state index is 0.612. The van der Waals surface area contributed by atoms with Gasteiger partial charge in [-0.05, 0) is 55.8 Å². The molecule has 2 aliphatic rings. The van der Waals surface area contributed by atoms with E-state index in [0.29, 0.717) is 6.04 Å². The number of hydrogen-bond acceptors (Lipinski definition) is 2. The molecule has 20 heavy (non-hydrogen) atoms. The fraction of sp³-hybridized carbons (Fsp3) is 0.667. The molecule has 1 aromatic rings. The van der Waals surface area contributed by atoms with Crippen molar-refractivity contribution < 1.29 is 0 Å². The van der Waals surface area contributed by atoms with E-state index in [9.17, 15) is 0 Å². The molecule has 2 unspecified atom stereocenters. The summed E-state index contributed by atoms with van der Waals surface area (Å²) in [5, 5.41) is 3.62. The molecule has 3 rings (SSSR count). The lowest BCUT2D eigenvalue weighted by Crippen LogP contribution is -2.50. The Labute approximate surface area is 123 Å². The predicted molar refractivity (Wildman–Crippen MR) is 84.8 cm³/mol. The van der Waals surface area contributed by atoms with Gasteiger partial charge in [-0.3, -0.25) is 4.90 Å². The molecule has 1 fully saturated rings. The van der Waals surface area contributed by atoms with E-state index >= 15 is 0 Å². The Kier molecular flexibility index (Phi) is 4.42. The summed E-state index contributed by atoms with van der Waals surface area (Å²) in [6, 6.07) is 10.5. The number of nitrogens with zero attached hydrogens (tertiary/aromatic N) is 1. The number of fused-ring (bicyclic) bond motifs is 1. The van der Waals surface area contributed by atoms with Crippen molar-refractivity contribution in [3.8, 4) is 0 Å². The second-order valence-corrected chi connectivity index (χ2v) is 6.81. The summed E-state index contributed by atoms with van der Waals surface area (Å²) in [4.78, 5) is 2.75. The summed E-state index contributed by atoms with van der Waals surface area (Å²) >= 11 is 0. The van der Waals surface area contributed by atoms with Gasteiger partial charge < -0.3 is 5.32 Å². The molecule has 1 saturated carbocycles. The van der Waals surface area contributed by atoms with E-state index in [4.69, 9.17) is 0 Å². The van der Waals surface area contributed by atoms with Gasteiger partial charge in [-0.1, -0.05) is 38.1 Å². The minimum absolute atomic E-state index is 0.612. The molecule has 0 amide bonds. The lowest BCUT2D eigenvalue weighted by Gasteiger charge is -2.44. The van der Waals surface area contributed by atoms with Crippen LogP contribution in [0.2, 0.25) is 0 Å². The third-order valence-electron chi connectivity index (χ3n) is 5.02. The summed E-state index contributed by atoms with van der Waals surface area (Å²) in [6.45, 7) is 8.13. The first-order valence-electron chi connectivity index (χ1n) is 8.28. The third-order valence-corrected chi connectivity index (χ3v) is 5.02. The quantitative estimate of drug-likeness (QED) is 0.905. The van der Waals surface area contributed by atoms with Crippen molar-refractivity contribution >= 4 is 0 Å². The van der Waals surface area contributed by atoms with Gasteiger partial charge in [0.05, 0.1) is 0 Å². The minimum Gasteiger partial charge on any atom is -0.314 e. The summed E-state index contributed by atoms with van der Waals surface area (Å²) in [7, 11) is 0. The Balaban J connectivity index is 1.63. The monoisotopic (exact) mass is 272 g/mol. The van der Waals surface area contributed by atoms with Gasteiger partial charge >= 0.3 is 0 Å². The number of hydrogen-bond donors (Lipinski definition) is 1. The Bertz CT molecular complexity index is 441. The highest BCUT2D eigenvalue weighted by Gasteiger charge is 2.35. The van der Waals surface area contributed by atoms with E-state index in [1.54, 1.807) is 11.1 Å². The molecule has 1 aliphatic heterocycles. The van der Waals surface area contributed by atoms with E-state index in [0.717, 1.165) is 12.0 Å². The van der Waals surface area contributed by atoms with Crippen LogP contribution in [0.3, 0.4) is 0 Å². The Hall–Kier alpha value is -0.860. The van der Waals surface area contributed by atoms with Crippen molar-refractivity contribution in [2.45, 2.75) is 58.2 Å². The van der Waals surface area contributed by atoms with Crippen LogP contribution in [0.4, 0.5) is 0 Å². The standard InChI is InChI=1S/C18H28N2/c1-14(2)19-12-16-9-10-18(16)20-11-5-8-15-6-3-4-7-17(15)13-20/h3-4,6-7,14,16,18-19H,5,8-13H2,1-2H3. The van der Waals surface area contributed by atoms with Gasteiger partial charge in [-0.25, -0.2) is 0 Å². The van der Waals surface area contributed by atoms with Crippen molar-refractivity contribution in [1.82, 2.24) is 10.2 Å². The molecular formula is C18H28N2. The molecule has 0 spiro atoms. The van der Waals surface area contributed by atoms with Gasteiger partial charge in [0.1, 0.15) is 0 Å². The van der Waals surface area contributed by atoms with Crippen LogP contribution in [-0.4, -0.2) is 30.1 Å². The normalized spacial score (nSPS) is 26.9. The van der Waals surface area contributed by atoms with Crippen LogP contribution in [0.15, 0.2) is 24.3 Å². The molecular weight excluding hydrogens is 244 g/mol. The van der Waals surface area contributed by atoms with E-state index in [2.05, 4.69) is 48.3 Å². The predicted octanol–water partition coefficient (Wildman–Crippen LogP) is 3.21. The third kappa shape index (κ3) is 3.07.